The largest absolute Gasteiger partial charge is 0.497 e. The molecule has 1 amide bonds. The number of aromatic amines is 1. The van der Waals surface area contributed by atoms with Gasteiger partial charge in [-0.1, -0.05) is 29.8 Å². The van der Waals surface area contributed by atoms with Crippen LogP contribution >= 0.6 is 0 Å². The van der Waals surface area contributed by atoms with E-state index < -0.39 is 0 Å². The Kier molecular flexibility index (Phi) is 6.03. The highest BCUT2D eigenvalue weighted by Gasteiger charge is 2.13. The van der Waals surface area contributed by atoms with E-state index in [9.17, 15) is 4.79 Å². The smallest absolute Gasteiger partial charge is 0.272 e. The number of nitrogens with one attached hydrogen (secondary N) is 2. The molecule has 0 fully saturated rings. The van der Waals surface area contributed by atoms with Gasteiger partial charge in [-0.15, -0.1) is 0 Å². The third kappa shape index (κ3) is 4.48. The van der Waals surface area contributed by atoms with E-state index in [0.29, 0.717) is 30.4 Å². The molecule has 0 unspecified atom stereocenters. The number of hydrogen-bond donors (Lipinski definition) is 2. The third-order valence-corrected chi connectivity index (χ3v) is 4.85. The van der Waals surface area contributed by atoms with Crippen molar-refractivity contribution < 1.29 is 14.1 Å². The summed E-state index contributed by atoms with van der Waals surface area (Å²) in [7, 11) is 1.63. The molecule has 2 aromatic heterocycles. The van der Waals surface area contributed by atoms with E-state index in [1.165, 1.54) is 0 Å². The number of rotatable bonds is 9. The number of aryl methyl sites for hydroxylation is 1. The summed E-state index contributed by atoms with van der Waals surface area (Å²) in [6, 6.07) is 15.1. The number of methoxy groups -OCH3 is 1. The second-order valence-electron chi connectivity index (χ2n) is 6.92. The lowest BCUT2D eigenvalue weighted by Gasteiger charge is -2.03. The highest BCUT2D eigenvalue weighted by atomic mass is 16.5. The number of ether oxygens (including phenoxy) is 1. The van der Waals surface area contributed by atoms with Crippen LogP contribution < -0.4 is 10.1 Å². The Morgan fingerprint density at radius 1 is 1.10 bits per heavy atom. The van der Waals surface area contributed by atoms with Crippen LogP contribution in [-0.2, 0) is 6.42 Å². The van der Waals surface area contributed by atoms with E-state index in [1.807, 2.05) is 48.5 Å². The number of benzene rings is 2. The Morgan fingerprint density at radius 3 is 2.77 bits per heavy atom. The van der Waals surface area contributed by atoms with Crippen molar-refractivity contribution in [2.24, 2.45) is 0 Å². The van der Waals surface area contributed by atoms with Crippen molar-refractivity contribution in [3.8, 4) is 17.1 Å². The fourth-order valence-corrected chi connectivity index (χ4v) is 3.21. The minimum atomic E-state index is -0.159. The Hall–Kier alpha value is -3.68. The number of H-pyrrole nitrogens is 1. The van der Waals surface area contributed by atoms with Gasteiger partial charge in [0.25, 0.3) is 5.91 Å². The van der Waals surface area contributed by atoms with Gasteiger partial charge in [-0.05, 0) is 43.2 Å². The van der Waals surface area contributed by atoms with E-state index in [2.05, 4.69) is 25.7 Å². The molecule has 2 aromatic carbocycles. The van der Waals surface area contributed by atoms with Crippen LogP contribution in [0.1, 0.15) is 35.6 Å². The molecule has 0 saturated heterocycles. The van der Waals surface area contributed by atoms with Crippen molar-refractivity contribution in [3.05, 3.63) is 60.1 Å². The molecule has 30 heavy (non-hydrogen) atoms. The van der Waals surface area contributed by atoms with Gasteiger partial charge in [-0.3, -0.25) is 9.89 Å². The van der Waals surface area contributed by atoms with Crippen LogP contribution in [0.25, 0.3) is 22.3 Å². The van der Waals surface area contributed by atoms with Crippen LogP contribution in [0.5, 0.6) is 5.75 Å². The van der Waals surface area contributed by atoms with Crippen LogP contribution in [0.15, 0.2) is 53.1 Å². The van der Waals surface area contributed by atoms with E-state index in [-0.39, 0.29) is 5.91 Å². The molecule has 0 saturated carbocycles. The monoisotopic (exact) mass is 405 g/mol. The van der Waals surface area contributed by atoms with Crippen LogP contribution in [0.3, 0.4) is 0 Å². The number of para-hydroxylation sites is 1. The number of aromatic nitrogens is 4. The molecular weight excluding hydrogens is 382 g/mol. The van der Waals surface area contributed by atoms with Gasteiger partial charge in [-0.2, -0.15) is 10.1 Å². The van der Waals surface area contributed by atoms with Crippen LogP contribution in [-0.4, -0.2) is 39.9 Å². The van der Waals surface area contributed by atoms with Gasteiger partial charge < -0.3 is 14.6 Å². The van der Waals surface area contributed by atoms with Crippen molar-refractivity contribution in [3.63, 3.8) is 0 Å². The highest BCUT2D eigenvalue weighted by Crippen LogP contribution is 2.20. The zero-order valence-corrected chi connectivity index (χ0v) is 16.7. The molecule has 0 aliphatic rings. The average molecular weight is 405 g/mol. The molecule has 0 atom stereocenters. The predicted molar refractivity (Wildman–Crippen MR) is 112 cm³/mol. The number of nitrogens with zero attached hydrogens (tertiary/aromatic N) is 3. The second-order valence-corrected chi connectivity index (χ2v) is 6.92. The Morgan fingerprint density at radius 2 is 1.93 bits per heavy atom. The summed E-state index contributed by atoms with van der Waals surface area (Å²) in [5.41, 5.74) is 2.18. The lowest BCUT2D eigenvalue weighted by Crippen LogP contribution is -2.25. The maximum atomic E-state index is 12.3. The number of fused-ring (bicyclic) bond motifs is 1. The number of amides is 1. The second kappa shape index (κ2) is 9.21. The van der Waals surface area contributed by atoms with Crippen LogP contribution in [0, 0.1) is 0 Å². The first-order chi connectivity index (χ1) is 14.7. The summed E-state index contributed by atoms with van der Waals surface area (Å²) >= 11 is 0. The SMILES string of the molecule is COc1ccc(-c2noc(CCCCCNC(=O)c3n[nH]c4ccccc34)n2)cc1. The predicted octanol–water partition coefficient (Wildman–Crippen LogP) is 3.76. The minimum absolute atomic E-state index is 0.159. The van der Waals surface area contributed by atoms with Crippen molar-refractivity contribution in [2.75, 3.05) is 13.7 Å². The summed E-state index contributed by atoms with van der Waals surface area (Å²) < 4.78 is 10.5. The van der Waals surface area contributed by atoms with E-state index in [0.717, 1.165) is 41.5 Å². The van der Waals surface area contributed by atoms with Gasteiger partial charge in [0.05, 0.1) is 12.6 Å². The van der Waals surface area contributed by atoms with Crippen molar-refractivity contribution in [1.29, 1.82) is 0 Å². The summed E-state index contributed by atoms with van der Waals surface area (Å²) in [5, 5.41) is 14.8. The summed E-state index contributed by atoms with van der Waals surface area (Å²) in [4.78, 5) is 16.8. The van der Waals surface area contributed by atoms with Gasteiger partial charge in [0.2, 0.25) is 11.7 Å². The molecule has 0 radical (unpaired) electrons. The molecule has 4 aromatic rings. The Bertz CT molecular complexity index is 1120. The summed E-state index contributed by atoms with van der Waals surface area (Å²) in [6.07, 6.45) is 3.43. The van der Waals surface area contributed by atoms with Gasteiger partial charge in [0, 0.05) is 23.9 Å². The molecule has 8 heteroatoms. The lowest BCUT2D eigenvalue weighted by atomic mass is 10.2. The Balaban J connectivity index is 1.18. The number of hydrogen-bond acceptors (Lipinski definition) is 6. The summed E-state index contributed by atoms with van der Waals surface area (Å²) in [5.74, 6) is 1.82. The normalized spacial score (nSPS) is 11.0. The van der Waals surface area contributed by atoms with E-state index >= 15 is 0 Å². The lowest BCUT2D eigenvalue weighted by molar-refractivity contribution is 0.0949. The third-order valence-electron chi connectivity index (χ3n) is 4.85. The first kappa shape index (κ1) is 19.6. The average Bonchev–Trinajstić information content (AvgIpc) is 3.43. The van der Waals surface area contributed by atoms with Gasteiger partial charge in [0.1, 0.15) is 5.75 Å². The maximum Gasteiger partial charge on any atom is 0.272 e. The van der Waals surface area contributed by atoms with E-state index in [4.69, 9.17) is 9.26 Å². The maximum absolute atomic E-state index is 12.3. The molecule has 0 bridgehead atoms. The quantitative estimate of drug-likeness (QED) is 0.411. The molecule has 8 nitrogen and oxygen atoms in total. The van der Waals surface area contributed by atoms with Gasteiger partial charge >= 0.3 is 0 Å². The zero-order valence-electron chi connectivity index (χ0n) is 16.7. The van der Waals surface area contributed by atoms with E-state index in [1.54, 1.807) is 7.11 Å². The molecule has 0 aliphatic carbocycles. The first-order valence-electron chi connectivity index (χ1n) is 9.93. The van der Waals surface area contributed by atoms with Crippen LogP contribution in [0.4, 0.5) is 0 Å². The van der Waals surface area contributed by atoms with Crippen LogP contribution in [0.2, 0.25) is 0 Å². The molecule has 0 spiro atoms. The fraction of sp³-hybridized carbons (Fsp3) is 0.273. The molecule has 2 heterocycles. The standard InChI is InChI=1S/C22H23N5O3/c1-29-16-12-10-15(11-13-16)21-24-19(30-27-21)9-3-2-6-14-23-22(28)20-17-7-4-5-8-18(17)25-26-20/h4-5,7-8,10-13H,2-3,6,9,14H2,1H3,(H,23,28)(H,25,26). The van der Waals surface area contributed by atoms with Gasteiger partial charge in [-0.25, -0.2) is 0 Å². The topological polar surface area (TPSA) is 106 Å². The number of carbonyl (C=O) groups is 1. The molecular formula is C22H23N5O3. The summed E-state index contributed by atoms with van der Waals surface area (Å²) in [6.45, 7) is 0.598. The first-order valence-corrected chi connectivity index (χ1v) is 9.93. The fourth-order valence-electron chi connectivity index (χ4n) is 3.21. The number of unbranched alkanes of at least 4 members (excludes halogenated alkanes) is 2. The Labute approximate surface area is 173 Å². The minimum Gasteiger partial charge on any atom is -0.497 e. The molecule has 4 rings (SSSR count). The van der Waals surface area contributed by atoms with Crippen molar-refractivity contribution >= 4 is 16.8 Å². The molecule has 0 aliphatic heterocycles. The molecule has 2 N–H and O–H groups in total. The van der Waals surface area contributed by atoms with Crippen molar-refractivity contribution in [1.82, 2.24) is 25.7 Å². The van der Waals surface area contributed by atoms with Gasteiger partial charge in [0.15, 0.2) is 5.69 Å². The van der Waals surface area contributed by atoms with Crippen molar-refractivity contribution in [2.45, 2.75) is 25.7 Å². The zero-order chi connectivity index (χ0) is 20.8. The number of carbonyl (C=O) groups excluding carboxylic acids is 1. The highest BCUT2D eigenvalue weighted by molar-refractivity contribution is 6.04. The molecule has 154 valence electrons.